The summed E-state index contributed by atoms with van der Waals surface area (Å²) in [5, 5.41) is 3.10. The number of nitrogens with one attached hydrogen (secondary N) is 1. The molecule has 1 fully saturated rings. The molecule has 1 saturated heterocycles. The number of carbonyl (C=O) groups is 1. The molecule has 0 radical (unpaired) electrons. The normalized spacial score (nSPS) is 16.5. The van der Waals surface area contributed by atoms with Gasteiger partial charge in [-0.2, -0.15) is 0 Å². The maximum atomic E-state index is 13.7. The second-order valence-corrected chi connectivity index (χ2v) is 8.23. The molecule has 1 aliphatic rings. The minimum absolute atomic E-state index is 0.0923. The Labute approximate surface area is 189 Å². The van der Waals surface area contributed by atoms with Gasteiger partial charge in [0.15, 0.2) is 0 Å². The van der Waals surface area contributed by atoms with Gasteiger partial charge in [-0.15, -0.1) is 0 Å². The van der Waals surface area contributed by atoms with Crippen LogP contribution < -0.4 is 10.1 Å². The zero-order valence-electron chi connectivity index (χ0n) is 18.4. The molecule has 4 rings (SSSR count). The van der Waals surface area contributed by atoms with Gasteiger partial charge in [0.2, 0.25) is 5.91 Å². The lowest BCUT2D eigenvalue weighted by atomic mass is 9.99. The van der Waals surface area contributed by atoms with Gasteiger partial charge in [0.1, 0.15) is 11.6 Å². The van der Waals surface area contributed by atoms with E-state index in [4.69, 9.17) is 4.74 Å². The molecule has 0 saturated carbocycles. The van der Waals surface area contributed by atoms with Gasteiger partial charge in [-0.05, 0) is 54.3 Å². The Morgan fingerprint density at radius 2 is 1.81 bits per heavy atom. The minimum Gasteiger partial charge on any atom is -0.496 e. The maximum absolute atomic E-state index is 13.7. The molecule has 0 bridgehead atoms. The van der Waals surface area contributed by atoms with Crippen molar-refractivity contribution in [3.8, 4) is 16.9 Å². The van der Waals surface area contributed by atoms with E-state index in [9.17, 15) is 9.18 Å². The highest BCUT2D eigenvalue weighted by Gasteiger charge is 2.28. The Kier molecular flexibility index (Phi) is 7.17. The van der Waals surface area contributed by atoms with Crippen LogP contribution in [-0.4, -0.2) is 30.5 Å². The summed E-state index contributed by atoms with van der Waals surface area (Å²) in [6, 6.07) is 22.5. The second kappa shape index (κ2) is 10.4. The lowest BCUT2D eigenvalue weighted by molar-refractivity contribution is -0.128. The molecular weight excluding hydrogens is 403 g/mol. The lowest BCUT2D eigenvalue weighted by Crippen LogP contribution is -2.48. The molecule has 3 aromatic rings. The maximum Gasteiger partial charge on any atom is 0.237 e. The van der Waals surface area contributed by atoms with Crippen LogP contribution in [0.2, 0.25) is 0 Å². The molecule has 3 aromatic carbocycles. The quantitative estimate of drug-likeness (QED) is 0.560. The van der Waals surface area contributed by atoms with Crippen LogP contribution in [0.4, 0.5) is 4.39 Å². The van der Waals surface area contributed by atoms with Gasteiger partial charge >= 0.3 is 0 Å². The van der Waals surface area contributed by atoms with Crippen molar-refractivity contribution in [2.45, 2.75) is 38.4 Å². The van der Waals surface area contributed by atoms with E-state index in [1.165, 1.54) is 12.1 Å². The van der Waals surface area contributed by atoms with Gasteiger partial charge in [0.25, 0.3) is 0 Å². The number of halogens is 1. The first-order valence-electron chi connectivity index (χ1n) is 11.1. The Morgan fingerprint density at radius 1 is 1.03 bits per heavy atom. The summed E-state index contributed by atoms with van der Waals surface area (Å²) in [4.78, 5) is 15.2. The van der Waals surface area contributed by atoms with E-state index < -0.39 is 0 Å². The van der Waals surface area contributed by atoms with E-state index in [-0.39, 0.29) is 17.8 Å². The van der Waals surface area contributed by atoms with Gasteiger partial charge in [-0.1, -0.05) is 61.0 Å². The fourth-order valence-electron chi connectivity index (χ4n) is 4.31. The molecule has 1 amide bonds. The number of nitrogens with zero attached hydrogens (tertiary/aromatic N) is 1. The van der Waals surface area contributed by atoms with Crippen molar-refractivity contribution in [1.82, 2.24) is 10.2 Å². The number of benzene rings is 3. The third-order valence-corrected chi connectivity index (χ3v) is 6.04. The van der Waals surface area contributed by atoms with Crippen molar-refractivity contribution in [2.24, 2.45) is 0 Å². The molecule has 166 valence electrons. The molecule has 0 aromatic heterocycles. The van der Waals surface area contributed by atoms with Crippen molar-refractivity contribution in [3.05, 3.63) is 89.7 Å². The largest absolute Gasteiger partial charge is 0.496 e. The van der Waals surface area contributed by atoms with Crippen molar-refractivity contribution < 1.29 is 13.9 Å². The predicted octanol–water partition coefficient (Wildman–Crippen LogP) is 5.17. The fraction of sp³-hybridized carbons (Fsp3) is 0.296. The highest BCUT2D eigenvalue weighted by molar-refractivity contribution is 5.81. The monoisotopic (exact) mass is 432 g/mol. The van der Waals surface area contributed by atoms with Crippen LogP contribution in [0.5, 0.6) is 5.75 Å². The molecule has 1 atom stereocenters. The minimum atomic E-state index is -0.289. The van der Waals surface area contributed by atoms with E-state index in [2.05, 4.69) is 10.2 Å². The standard InChI is InChI=1S/C27H29FN2O2/c1-32-26-15-14-23(28)17-24(26)22-12-10-21(11-13-22)19-30-16-6-5-9-25(30)27(31)29-18-20-7-3-2-4-8-20/h2-4,7-8,10-15,17,25H,5-6,9,16,18-19H2,1H3,(H,29,31). The summed E-state index contributed by atoms with van der Waals surface area (Å²) in [7, 11) is 1.59. The molecule has 0 aliphatic carbocycles. The molecule has 1 aliphatic heterocycles. The van der Waals surface area contributed by atoms with Crippen molar-refractivity contribution >= 4 is 5.91 Å². The smallest absolute Gasteiger partial charge is 0.237 e. The lowest BCUT2D eigenvalue weighted by Gasteiger charge is -2.34. The second-order valence-electron chi connectivity index (χ2n) is 8.23. The molecular formula is C27H29FN2O2. The Balaban J connectivity index is 1.43. The van der Waals surface area contributed by atoms with Gasteiger partial charge < -0.3 is 10.1 Å². The van der Waals surface area contributed by atoms with Crippen LogP contribution in [0.1, 0.15) is 30.4 Å². The van der Waals surface area contributed by atoms with Gasteiger partial charge in [-0.3, -0.25) is 9.69 Å². The summed E-state index contributed by atoms with van der Waals surface area (Å²) in [6.07, 6.45) is 3.04. The number of hydrogen-bond acceptors (Lipinski definition) is 3. The van der Waals surface area contributed by atoms with E-state index in [0.29, 0.717) is 18.8 Å². The summed E-state index contributed by atoms with van der Waals surface area (Å²) < 4.78 is 19.1. The van der Waals surface area contributed by atoms with E-state index in [1.54, 1.807) is 13.2 Å². The number of piperidine rings is 1. The highest BCUT2D eigenvalue weighted by Crippen LogP contribution is 2.31. The number of rotatable bonds is 7. The topological polar surface area (TPSA) is 41.6 Å². The van der Waals surface area contributed by atoms with E-state index in [1.807, 2.05) is 54.6 Å². The number of ether oxygens (including phenoxy) is 1. The van der Waals surface area contributed by atoms with Gasteiger partial charge in [-0.25, -0.2) is 4.39 Å². The first-order chi connectivity index (χ1) is 15.6. The summed E-state index contributed by atoms with van der Waals surface area (Å²) in [5.41, 5.74) is 3.87. The average Bonchev–Trinajstić information content (AvgIpc) is 2.84. The highest BCUT2D eigenvalue weighted by atomic mass is 19.1. The summed E-state index contributed by atoms with van der Waals surface area (Å²) in [6.45, 7) is 2.17. The molecule has 4 nitrogen and oxygen atoms in total. The summed E-state index contributed by atoms with van der Waals surface area (Å²) >= 11 is 0. The molecule has 32 heavy (non-hydrogen) atoms. The third-order valence-electron chi connectivity index (χ3n) is 6.04. The summed E-state index contributed by atoms with van der Waals surface area (Å²) in [5.74, 6) is 0.447. The Morgan fingerprint density at radius 3 is 2.56 bits per heavy atom. The first kappa shape index (κ1) is 22.0. The third kappa shape index (κ3) is 5.35. The van der Waals surface area contributed by atoms with Gasteiger partial charge in [0, 0.05) is 18.7 Å². The number of carbonyl (C=O) groups excluding carboxylic acids is 1. The predicted molar refractivity (Wildman–Crippen MR) is 125 cm³/mol. The van der Waals surface area contributed by atoms with E-state index in [0.717, 1.165) is 48.1 Å². The van der Waals surface area contributed by atoms with Crippen LogP contribution in [0.25, 0.3) is 11.1 Å². The zero-order valence-corrected chi connectivity index (χ0v) is 18.4. The molecule has 5 heteroatoms. The number of amides is 1. The number of hydrogen-bond donors (Lipinski definition) is 1. The van der Waals surface area contributed by atoms with Crippen LogP contribution in [0.15, 0.2) is 72.8 Å². The van der Waals surface area contributed by atoms with E-state index >= 15 is 0 Å². The van der Waals surface area contributed by atoms with Crippen LogP contribution in [0, 0.1) is 5.82 Å². The molecule has 1 N–H and O–H groups in total. The van der Waals surface area contributed by atoms with Crippen molar-refractivity contribution in [2.75, 3.05) is 13.7 Å². The average molecular weight is 433 g/mol. The first-order valence-corrected chi connectivity index (χ1v) is 11.1. The van der Waals surface area contributed by atoms with Crippen molar-refractivity contribution in [3.63, 3.8) is 0 Å². The zero-order chi connectivity index (χ0) is 22.3. The number of likely N-dealkylation sites (tertiary alicyclic amines) is 1. The molecule has 0 spiro atoms. The number of methoxy groups -OCH3 is 1. The van der Waals surface area contributed by atoms with Gasteiger partial charge in [0.05, 0.1) is 13.2 Å². The molecule has 1 unspecified atom stereocenters. The van der Waals surface area contributed by atoms with Crippen LogP contribution in [-0.2, 0) is 17.9 Å². The van der Waals surface area contributed by atoms with Crippen LogP contribution in [0.3, 0.4) is 0 Å². The van der Waals surface area contributed by atoms with Crippen molar-refractivity contribution in [1.29, 1.82) is 0 Å². The van der Waals surface area contributed by atoms with Crippen LogP contribution >= 0.6 is 0 Å². The Bertz CT molecular complexity index is 1040. The SMILES string of the molecule is COc1ccc(F)cc1-c1ccc(CN2CCCCC2C(=O)NCc2ccccc2)cc1. The Hall–Kier alpha value is -3.18. The fourth-order valence-corrected chi connectivity index (χ4v) is 4.31. The molecule has 1 heterocycles.